The molecular weight excluding hydrogens is 194 g/mol. The van der Waals surface area contributed by atoms with E-state index in [9.17, 15) is 18.4 Å². The number of alkyl halides is 2. The largest absolute Gasteiger partial charge is 0.320 e. The van der Waals surface area contributed by atoms with Crippen molar-refractivity contribution in [3.63, 3.8) is 0 Å². The van der Waals surface area contributed by atoms with E-state index in [-0.39, 0.29) is 11.8 Å². The van der Waals surface area contributed by atoms with Crippen LogP contribution in [0.4, 0.5) is 8.78 Å². The Labute approximate surface area is 76.8 Å². The number of carbonyl (C=O) groups excluding carboxylic acids is 1. The number of aromatic amines is 1. The molecular formula is C8H4F2N2O2. The minimum atomic E-state index is -2.99. The molecule has 0 saturated heterocycles. The van der Waals surface area contributed by atoms with E-state index in [0.29, 0.717) is 0 Å². The average Bonchev–Trinajstić information content (AvgIpc) is 2.16. The smallest absolute Gasteiger partial charge is 0.279 e. The van der Waals surface area contributed by atoms with Crippen LogP contribution in [0.3, 0.4) is 0 Å². The second kappa shape index (κ2) is 3.79. The van der Waals surface area contributed by atoms with Crippen molar-refractivity contribution in [2.45, 2.75) is 6.43 Å². The first kappa shape index (κ1) is 10.1. The molecule has 0 fully saturated rings. The molecule has 72 valence electrons. The van der Waals surface area contributed by atoms with Crippen molar-refractivity contribution in [1.82, 2.24) is 4.98 Å². The van der Waals surface area contributed by atoms with Crippen molar-refractivity contribution in [2.24, 2.45) is 0 Å². The Bertz CT molecular complexity index is 459. The maximum Gasteiger partial charge on any atom is 0.279 e. The van der Waals surface area contributed by atoms with Crippen LogP contribution >= 0.6 is 0 Å². The molecule has 14 heavy (non-hydrogen) atoms. The zero-order valence-corrected chi connectivity index (χ0v) is 6.75. The number of aldehydes is 1. The number of nitrogens with zero attached hydrogens (tertiary/aromatic N) is 1. The molecule has 1 aromatic heterocycles. The number of nitriles is 1. The third kappa shape index (κ3) is 1.66. The first-order chi connectivity index (χ1) is 6.60. The van der Waals surface area contributed by atoms with Gasteiger partial charge in [0.15, 0.2) is 6.29 Å². The van der Waals surface area contributed by atoms with E-state index in [1.54, 1.807) is 0 Å². The van der Waals surface area contributed by atoms with Gasteiger partial charge in [-0.15, -0.1) is 0 Å². The fourth-order valence-corrected chi connectivity index (χ4v) is 0.982. The summed E-state index contributed by atoms with van der Waals surface area (Å²) >= 11 is 0. The summed E-state index contributed by atoms with van der Waals surface area (Å²) in [5.74, 6) is 0. The standard InChI is InChI=1S/C8H4F2N2O2/c9-8(10)7-5(2-11)4(3-13)1-6(14)12-7/h1,3,8H,(H,12,14). The summed E-state index contributed by atoms with van der Waals surface area (Å²) in [4.78, 5) is 23.0. The molecule has 1 N–H and O–H groups in total. The van der Waals surface area contributed by atoms with Gasteiger partial charge >= 0.3 is 0 Å². The molecule has 0 aromatic carbocycles. The van der Waals surface area contributed by atoms with Crippen molar-refractivity contribution in [3.8, 4) is 6.07 Å². The highest BCUT2D eigenvalue weighted by molar-refractivity contribution is 5.79. The van der Waals surface area contributed by atoms with Crippen LogP contribution in [0.1, 0.15) is 28.0 Å². The number of halogens is 2. The molecule has 1 aromatic rings. The molecule has 1 rings (SSSR count). The monoisotopic (exact) mass is 198 g/mol. The number of pyridine rings is 1. The van der Waals surface area contributed by atoms with Crippen LogP contribution in [0.25, 0.3) is 0 Å². The Morgan fingerprint density at radius 3 is 2.64 bits per heavy atom. The molecule has 0 saturated carbocycles. The van der Waals surface area contributed by atoms with Crippen LogP contribution in [0.2, 0.25) is 0 Å². The molecule has 6 heteroatoms. The van der Waals surface area contributed by atoms with E-state index < -0.39 is 23.2 Å². The average molecular weight is 198 g/mol. The van der Waals surface area contributed by atoms with Gasteiger partial charge in [-0.3, -0.25) is 9.59 Å². The maximum atomic E-state index is 12.3. The summed E-state index contributed by atoms with van der Waals surface area (Å²) in [7, 11) is 0. The van der Waals surface area contributed by atoms with Crippen molar-refractivity contribution in [1.29, 1.82) is 5.26 Å². The fourth-order valence-electron chi connectivity index (χ4n) is 0.982. The lowest BCUT2D eigenvalue weighted by molar-refractivity contribution is 0.112. The predicted molar refractivity (Wildman–Crippen MR) is 42.1 cm³/mol. The molecule has 1 heterocycles. The molecule has 0 spiro atoms. The maximum absolute atomic E-state index is 12.3. The topological polar surface area (TPSA) is 73.7 Å². The van der Waals surface area contributed by atoms with Crippen molar-refractivity contribution in [3.05, 3.63) is 33.2 Å². The van der Waals surface area contributed by atoms with Crippen LogP contribution in [0.5, 0.6) is 0 Å². The zero-order chi connectivity index (χ0) is 10.7. The van der Waals surface area contributed by atoms with E-state index in [2.05, 4.69) is 0 Å². The third-order valence-corrected chi connectivity index (χ3v) is 1.56. The second-order valence-electron chi connectivity index (χ2n) is 2.41. The van der Waals surface area contributed by atoms with Crippen LogP contribution in [0.15, 0.2) is 10.9 Å². The lowest BCUT2D eigenvalue weighted by Gasteiger charge is -2.03. The first-order valence-corrected chi connectivity index (χ1v) is 3.50. The van der Waals surface area contributed by atoms with E-state index in [1.807, 2.05) is 4.98 Å². The van der Waals surface area contributed by atoms with Crippen molar-refractivity contribution < 1.29 is 13.6 Å². The number of H-pyrrole nitrogens is 1. The van der Waals surface area contributed by atoms with Crippen LogP contribution in [-0.2, 0) is 0 Å². The highest BCUT2D eigenvalue weighted by Crippen LogP contribution is 2.20. The summed E-state index contributed by atoms with van der Waals surface area (Å²) in [6.45, 7) is 0. The van der Waals surface area contributed by atoms with Gasteiger partial charge in [-0.25, -0.2) is 8.78 Å². The summed E-state index contributed by atoms with van der Waals surface area (Å²) in [6.07, 6.45) is -2.79. The minimum absolute atomic E-state index is 0.194. The third-order valence-electron chi connectivity index (χ3n) is 1.56. The first-order valence-electron chi connectivity index (χ1n) is 3.50. The van der Waals surface area contributed by atoms with Gasteiger partial charge < -0.3 is 4.98 Å². The molecule has 0 atom stereocenters. The van der Waals surface area contributed by atoms with E-state index in [1.165, 1.54) is 6.07 Å². The normalized spacial score (nSPS) is 9.86. The van der Waals surface area contributed by atoms with Gasteiger partial charge in [0.05, 0.1) is 5.56 Å². The van der Waals surface area contributed by atoms with E-state index in [0.717, 1.165) is 6.07 Å². The fraction of sp³-hybridized carbons (Fsp3) is 0.125. The van der Waals surface area contributed by atoms with Gasteiger partial charge in [-0.2, -0.15) is 5.26 Å². The van der Waals surface area contributed by atoms with Gasteiger partial charge in [0, 0.05) is 11.6 Å². The molecule has 0 aliphatic carbocycles. The second-order valence-corrected chi connectivity index (χ2v) is 2.41. The minimum Gasteiger partial charge on any atom is -0.320 e. The number of hydrogen-bond acceptors (Lipinski definition) is 3. The highest BCUT2D eigenvalue weighted by atomic mass is 19.3. The van der Waals surface area contributed by atoms with Crippen LogP contribution in [0, 0.1) is 11.3 Å². The van der Waals surface area contributed by atoms with Gasteiger partial charge in [-0.05, 0) is 0 Å². The highest BCUT2D eigenvalue weighted by Gasteiger charge is 2.17. The Kier molecular flexibility index (Phi) is 2.72. The van der Waals surface area contributed by atoms with Gasteiger partial charge in [0.2, 0.25) is 5.56 Å². The number of aromatic nitrogens is 1. The molecule has 0 bridgehead atoms. The summed E-state index contributed by atoms with van der Waals surface area (Å²) in [6, 6.07) is 2.25. The lowest BCUT2D eigenvalue weighted by Crippen LogP contribution is -2.13. The quantitative estimate of drug-likeness (QED) is 0.720. The molecule has 0 amide bonds. The van der Waals surface area contributed by atoms with Gasteiger partial charge in [-0.1, -0.05) is 0 Å². The molecule has 0 unspecified atom stereocenters. The Morgan fingerprint density at radius 1 is 1.57 bits per heavy atom. The molecule has 0 aliphatic rings. The Morgan fingerprint density at radius 2 is 2.21 bits per heavy atom. The summed E-state index contributed by atoms with van der Waals surface area (Å²) < 4.78 is 24.5. The van der Waals surface area contributed by atoms with E-state index in [4.69, 9.17) is 5.26 Å². The molecule has 0 aliphatic heterocycles. The molecule has 4 nitrogen and oxygen atoms in total. The summed E-state index contributed by atoms with van der Waals surface area (Å²) in [5.41, 5.74) is -2.47. The number of nitrogens with one attached hydrogen (secondary N) is 1. The molecule has 0 radical (unpaired) electrons. The van der Waals surface area contributed by atoms with Crippen LogP contribution < -0.4 is 5.56 Å². The van der Waals surface area contributed by atoms with Gasteiger partial charge in [0.1, 0.15) is 11.8 Å². The Balaban J connectivity index is 3.57. The number of rotatable bonds is 2. The number of hydrogen-bond donors (Lipinski definition) is 1. The predicted octanol–water partition coefficient (Wildman–Crippen LogP) is 0.997. The van der Waals surface area contributed by atoms with E-state index >= 15 is 0 Å². The SMILES string of the molecule is N#Cc1c(C=O)cc(=O)[nH]c1C(F)F. The van der Waals surface area contributed by atoms with Crippen molar-refractivity contribution >= 4 is 6.29 Å². The zero-order valence-electron chi connectivity index (χ0n) is 6.75. The van der Waals surface area contributed by atoms with Gasteiger partial charge in [0.25, 0.3) is 6.43 Å². The Hall–Kier alpha value is -2.03. The lowest BCUT2D eigenvalue weighted by atomic mass is 10.1. The van der Waals surface area contributed by atoms with Crippen LogP contribution in [-0.4, -0.2) is 11.3 Å². The van der Waals surface area contributed by atoms with Crippen molar-refractivity contribution in [2.75, 3.05) is 0 Å². The number of carbonyl (C=O) groups is 1. The summed E-state index contributed by atoms with van der Waals surface area (Å²) in [5, 5.41) is 8.51.